The quantitative estimate of drug-likeness (QED) is 0.670. The normalized spacial score (nSPS) is 17.7. The minimum Gasteiger partial charge on any atom is -0.454 e. The predicted octanol–water partition coefficient (Wildman–Crippen LogP) is 3.15. The Morgan fingerprint density at radius 2 is 1.79 bits per heavy atom. The van der Waals surface area contributed by atoms with Crippen LogP contribution in [0.2, 0.25) is 0 Å². The summed E-state index contributed by atoms with van der Waals surface area (Å²) >= 11 is 0. The van der Waals surface area contributed by atoms with E-state index in [1.807, 2.05) is 20.8 Å². The maximum atomic E-state index is 13.0. The van der Waals surface area contributed by atoms with Gasteiger partial charge < -0.3 is 9.47 Å². The van der Waals surface area contributed by atoms with Crippen molar-refractivity contribution in [1.29, 1.82) is 0 Å². The van der Waals surface area contributed by atoms with Crippen molar-refractivity contribution in [1.82, 2.24) is 9.73 Å². The van der Waals surface area contributed by atoms with Crippen molar-refractivity contribution < 1.29 is 27.5 Å². The summed E-state index contributed by atoms with van der Waals surface area (Å²) in [6.45, 7) is 7.17. The zero-order valence-corrected chi connectivity index (χ0v) is 20.3. The van der Waals surface area contributed by atoms with Crippen molar-refractivity contribution in [3.63, 3.8) is 0 Å². The number of sulfonamides is 1. The topological polar surface area (TPSA) is 105 Å². The van der Waals surface area contributed by atoms with Gasteiger partial charge in [-0.25, -0.2) is 18.1 Å². The summed E-state index contributed by atoms with van der Waals surface area (Å²) in [5.41, 5.74) is 2.28. The number of hydrogen-bond donors (Lipinski definition) is 1. The molecule has 2 aliphatic heterocycles. The number of hydrogen-bond acceptors (Lipinski definition) is 7. The number of nitrogens with one attached hydrogen (secondary N) is 1. The van der Waals surface area contributed by atoms with Crippen LogP contribution >= 0.6 is 0 Å². The van der Waals surface area contributed by atoms with E-state index in [-0.39, 0.29) is 23.5 Å². The van der Waals surface area contributed by atoms with Gasteiger partial charge in [-0.3, -0.25) is 14.6 Å². The van der Waals surface area contributed by atoms with E-state index < -0.39 is 28.4 Å². The first-order chi connectivity index (χ1) is 16.1. The average molecular weight is 486 g/mol. The van der Waals surface area contributed by atoms with Crippen LogP contribution in [-0.2, 0) is 19.6 Å². The molecule has 10 heteroatoms. The van der Waals surface area contributed by atoms with E-state index in [0.29, 0.717) is 22.9 Å². The molecule has 0 saturated carbocycles. The number of nitrogens with zero attached hydrogens (tertiary/aromatic N) is 2. The number of allylic oxidation sites excluding steroid dienone is 1. The van der Waals surface area contributed by atoms with Crippen LogP contribution in [0.3, 0.4) is 0 Å². The number of rotatable bonds is 6. The molecule has 2 aromatic carbocycles. The number of benzene rings is 2. The average Bonchev–Trinajstić information content (AvgIpc) is 3.25. The fourth-order valence-electron chi connectivity index (χ4n) is 3.95. The van der Waals surface area contributed by atoms with Crippen LogP contribution in [0.25, 0.3) is 0 Å². The van der Waals surface area contributed by atoms with Crippen LogP contribution in [0.15, 0.2) is 59.1 Å². The van der Waals surface area contributed by atoms with Gasteiger partial charge in [0.25, 0.3) is 15.9 Å². The second-order valence-electron chi connectivity index (χ2n) is 8.59. The molecule has 2 amide bonds. The molecule has 2 aliphatic rings. The van der Waals surface area contributed by atoms with E-state index in [1.54, 1.807) is 48.3 Å². The van der Waals surface area contributed by atoms with E-state index in [2.05, 4.69) is 4.72 Å². The van der Waals surface area contributed by atoms with Crippen molar-refractivity contribution in [2.45, 2.75) is 38.5 Å². The summed E-state index contributed by atoms with van der Waals surface area (Å²) in [4.78, 5) is 25.8. The third kappa shape index (κ3) is 4.58. The van der Waals surface area contributed by atoms with Crippen LogP contribution in [0.1, 0.15) is 39.2 Å². The first-order valence-electron chi connectivity index (χ1n) is 10.9. The second kappa shape index (κ2) is 9.02. The Bertz CT molecular complexity index is 1250. The summed E-state index contributed by atoms with van der Waals surface area (Å²) in [5.74, 6) is -0.282. The van der Waals surface area contributed by atoms with Crippen molar-refractivity contribution in [3.8, 4) is 11.5 Å². The predicted molar refractivity (Wildman–Crippen MR) is 126 cm³/mol. The fraction of sp³-hybridized carbons (Fsp3) is 0.333. The van der Waals surface area contributed by atoms with Crippen LogP contribution in [-0.4, -0.2) is 38.6 Å². The van der Waals surface area contributed by atoms with Gasteiger partial charge >= 0.3 is 0 Å². The molecule has 9 nitrogen and oxygen atoms in total. The second-order valence-corrected chi connectivity index (χ2v) is 10.3. The SMILES string of the molecule is CC1=CC(C)C(=O)N(CC(=O)NS(=O)(=O)c2ccc(C(C)C)cc2)N1c1ccc2c(c1)OCO2. The van der Waals surface area contributed by atoms with Crippen LogP contribution in [0, 0.1) is 5.92 Å². The van der Waals surface area contributed by atoms with Crippen LogP contribution in [0.5, 0.6) is 11.5 Å². The summed E-state index contributed by atoms with van der Waals surface area (Å²) < 4.78 is 38.4. The molecule has 0 saturated heterocycles. The van der Waals surface area contributed by atoms with E-state index in [0.717, 1.165) is 5.56 Å². The lowest BCUT2D eigenvalue weighted by molar-refractivity contribution is -0.138. The van der Waals surface area contributed by atoms with E-state index in [1.165, 1.54) is 17.1 Å². The summed E-state index contributed by atoms with van der Waals surface area (Å²) in [7, 11) is -4.09. The molecule has 1 N–H and O–H groups in total. The molecule has 0 radical (unpaired) electrons. The third-order valence-corrected chi connectivity index (χ3v) is 7.10. The van der Waals surface area contributed by atoms with Gasteiger partial charge in [0, 0.05) is 11.8 Å². The molecule has 34 heavy (non-hydrogen) atoms. The summed E-state index contributed by atoms with van der Waals surface area (Å²) in [6.07, 6.45) is 1.79. The van der Waals surface area contributed by atoms with Gasteiger partial charge in [0.2, 0.25) is 12.7 Å². The number of amides is 2. The summed E-state index contributed by atoms with van der Waals surface area (Å²) in [6, 6.07) is 11.5. The van der Waals surface area contributed by atoms with E-state index in [4.69, 9.17) is 9.47 Å². The van der Waals surface area contributed by atoms with E-state index in [9.17, 15) is 18.0 Å². The maximum Gasteiger partial charge on any atom is 0.264 e. The highest BCUT2D eigenvalue weighted by molar-refractivity contribution is 7.90. The van der Waals surface area contributed by atoms with Gasteiger partial charge in [0.1, 0.15) is 6.54 Å². The molecule has 180 valence electrons. The zero-order valence-electron chi connectivity index (χ0n) is 19.4. The Morgan fingerprint density at radius 3 is 2.47 bits per heavy atom. The molecule has 4 rings (SSSR count). The molecular formula is C24H27N3O6S. The Balaban J connectivity index is 1.57. The number of anilines is 1. The molecule has 0 fully saturated rings. The Kier molecular flexibility index (Phi) is 6.26. The Labute approximate surface area is 199 Å². The monoisotopic (exact) mass is 485 g/mol. The summed E-state index contributed by atoms with van der Waals surface area (Å²) in [5, 5.41) is 2.82. The number of fused-ring (bicyclic) bond motifs is 1. The first-order valence-corrected chi connectivity index (χ1v) is 12.4. The molecule has 0 spiro atoms. The molecular weight excluding hydrogens is 458 g/mol. The number of ether oxygens (including phenoxy) is 2. The highest BCUT2D eigenvalue weighted by Gasteiger charge is 2.34. The minimum absolute atomic E-state index is 0.0210. The van der Waals surface area contributed by atoms with Gasteiger partial charge in [0.15, 0.2) is 11.5 Å². The lowest BCUT2D eigenvalue weighted by Crippen LogP contribution is -2.54. The highest BCUT2D eigenvalue weighted by atomic mass is 32.2. The number of carbonyl (C=O) groups is 2. The van der Waals surface area contributed by atoms with Gasteiger partial charge in [-0.15, -0.1) is 0 Å². The molecule has 2 heterocycles. The van der Waals surface area contributed by atoms with Crippen molar-refractivity contribution in [2.24, 2.45) is 5.92 Å². The van der Waals surface area contributed by atoms with Gasteiger partial charge in [-0.2, -0.15) is 0 Å². The lowest BCUT2D eigenvalue weighted by Gasteiger charge is -2.41. The third-order valence-electron chi connectivity index (χ3n) is 5.71. The maximum absolute atomic E-state index is 13.0. The van der Waals surface area contributed by atoms with Crippen molar-refractivity contribution in [3.05, 3.63) is 59.8 Å². The molecule has 1 unspecified atom stereocenters. The highest BCUT2D eigenvalue weighted by Crippen LogP contribution is 2.38. The molecule has 0 aromatic heterocycles. The van der Waals surface area contributed by atoms with Crippen LogP contribution < -0.4 is 19.2 Å². The van der Waals surface area contributed by atoms with Crippen molar-refractivity contribution in [2.75, 3.05) is 18.3 Å². The van der Waals surface area contributed by atoms with E-state index >= 15 is 0 Å². The van der Waals surface area contributed by atoms with Gasteiger partial charge in [-0.1, -0.05) is 32.1 Å². The Hall–Kier alpha value is -3.53. The molecule has 0 bridgehead atoms. The molecule has 1 atom stereocenters. The van der Waals surface area contributed by atoms with Gasteiger partial charge in [0.05, 0.1) is 16.5 Å². The smallest absolute Gasteiger partial charge is 0.264 e. The first kappa shape index (κ1) is 23.6. The van der Waals surface area contributed by atoms with Gasteiger partial charge in [-0.05, 0) is 49.6 Å². The standard InChI is InChI=1S/C24H27N3O6S/c1-15(2)18-5-8-20(9-6-18)34(30,31)25-23(28)13-26-24(29)16(3)11-17(4)27(26)19-7-10-21-22(12-19)33-14-32-21/h5-12,15-16H,13-14H2,1-4H3,(H,25,28). The zero-order chi connectivity index (χ0) is 24.6. The Morgan fingerprint density at radius 1 is 1.12 bits per heavy atom. The minimum atomic E-state index is -4.09. The molecule has 2 aromatic rings. The lowest BCUT2D eigenvalue weighted by atomic mass is 10.0. The number of carbonyl (C=O) groups excluding carboxylic acids is 2. The van der Waals surface area contributed by atoms with Crippen molar-refractivity contribution >= 4 is 27.5 Å². The fourth-order valence-corrected chi connectivity index (χ4v) is 4.92. The number of hydrazine groups is 1. The largest absolute Gasteiger partial charge is 0.454 e. The molecule has 0 aliphatic carbocycles. The van der Waals surface area contributed by atoms with Crippen LogP contribution in [0.4, 0.5) is 5.69 Å².